The van der Waals surface area contributed by atoms with Gasteiger partial charge in [0, 0.05) is 76.9 Å². The van der Waals surface area contributed by atoms with E-state index < -0.39 is 0 Å². The van der Waals surface area contributed by atoms with Crippen molar-refractivity contribution in [3.8, 4) is 33.9 Å². The van der Waals surface area contributed by atoms with Crippen LogP contribution in [-0.2, 0) is 0 Å². The van der Waals surface area contributed by atoms with Gasteiger partial charge in [0.05, 0.1) is 38.1 Å². The van der Waals surface area contributed by atoms with Crippen LogP contribution < -0.4 is 19.7 Å². The molecule has 4 heterocycles. The number of aromatic nitrogens is 3. The van der Waals surface area contributed by atoms with Gasteiger partial charge >= 0.3 is 0 Å². The van der Waals surface area contributed by atoms with Crippen LogP contribution in [0.1, 0.15) is 12.8 Å². The van der Waals surface area contributed by atoms with Gasteiger partial charge in [-0.15, -0.1) is 0 Å². The third-order valence-electron chi connectivity index (χ3n) is 7.74. The van der Waals surface area contributed by atoms with Crippen molar-refractivity contribution in [3.63, 3.8) is 0 Å². The van der Waals surface area contributed by atoms with Crippen LogP contribution in [0, 0.1) is 0 Å². The molecule has 1 aliphatic rings. The molecule has 2 aromatic carbocycles. The molecule has 0 amide bonds. The summed E-state index contributed by atoms with van der Waals surface area (Å²) >= 11 is 0. The zero-order valence-electron chi connectivity index (χ0n) is 23.3. The molecule has 206 valence electrons. The van der Waals surface area contributed by atoms with E-state index in [1.165, 1.54) is 0 Å². The minimum Gasteiger partial charge on any atom is -0.497 e. The molecule has 0 aliphatic carbocycles. The van der Waals surface area contributed by atoms with Gasteiger partial charge in [-0.25, -0.2) is 9.97 Å². The van der Waals surface area contributed by atoms with E-state index in [-0.39, 0.29) is 0 Å². The lowest BCUT2D eigenvalue weighted by molar-refractivity contribution is 0.249. The third kappa shape index (κ3) is 4.96. The lowest BCUT2D eigenvalue weighted by atomic mass is 10.0. The van der Waals surface area contributed by atoms with Crippen molar-refractivity contribution in [2.24, 2.45) is 0 Å². The first-order chi connectivity index (χ1) is 19.5. The number of ether oxygens (including phenoxy) is 2. The number of hydrogen-bond donors (Lipinski definition) is 2. The summed E-state index contributed by atoms with van der Waals surface area (Å²) in [5.41, 5.74) is 6.48. The average Bonchev–Trinajstić information content (AvgIpc) is 3.67. The molecule has 0 radical (unpaired) electrons. The van der Waals surface area contributed by atoms with Gasteiger partial charge in [0.25, 0.3) is 0 Å². The van der Waals surface area contributed by atoms with Crippen LogP contribution in [0.2, 0.25) is 0 Å². The van der Waals surface area contributed by atoms with Crippen LogP contribution in [0.3, 0.4) is 0 Å². The second-order valence-corrected chi connectivity index (χ2v) is 10.3. The Morgan fingerprint density at radius 2 is 1.88 bits per heavy atom. The van der Waals surface area contributed by atoms with Gasteiger partial charge in [0.2, 0.25) is 5.95 Å². The van der Waals surface area contributed by atoms with E-state index in [4.69, 9.17) is 18.9 Å². The van der Waals surface area contributed by atoms with Crippen molar-refractivity contribution < 1.29 is 13.9 Å². The highest BCUT2D eigenvalue weighted by atomic mass is 16.5. The molecule has 1 aliphatic heterocycles. The molecule has 5 aromatic rings. The number of piperidine rings is 1. The second kappa shape index (κ2) is 10.9. The zero-order valence-corrected chi connectivity index (χ0v) is 23.3. The maximum absolute atomic E-state index is 5.81. The molecular formula is C31H34N6O3. The van der Waals surface area contributed by atoms with Crippen LogP contribution in [0.25, 0.3) is 33.3 Å². The molecule has 40 heavy (non-hydrogen) atoms. The van der Waals surface area contributed by atoms with Crippen molar-refractivity contribution in [3.05, 3.63) is 67.4 Å². The highest BCUT2D eigenvalue weighted by Crippen LogP contribution is 2.38. The number of benzene rings is 2. The summed E-state index contributed by atoms with van der Waals surface area (Å²) in [6, 6.07) is 14.7. The zero-order chi connectivity index (χ0) is 27.6. The van der Waals surface area contributed by atoms with Gasteiger partial charge in [0.1, 0.15) is 11.5 Å². The van der Waals surface area contributed by atoms with Crippen molar-refractivity contribution in [2.75, 3.05) is 51.6 Å². The Morgan fingerprint density at radius 1 is 1.02 bits per heavy atom. The van der Waals surface area contributed by atoms with E-state index in [2.05, 4.69) is 51.3 Å². The molecule has 0 saturated carbocycles. The van der Waals surface area contributed by atoms with E-state index in [0.717, 1.165) is 82.1 Å². The van der Waals surface area contributed by atoms with Gasteiger partial charge in [-0.2, -0.15) is 0 Å². The molecule has 0 unspecified atom stereocenters. The minimum absolute atomic E-state index is 0.492. The lowest BCUT2D eigenvalue weighted by Gasteiger charge is -2.37. The number of hydrogen-bond acceptors (Lipinski definition) is 8. The van der Waals surface area contributed by atoms with E-state index in [1.54, 1.807) is 26.7 Å². The quantitative estimate of drug-likeness (QED) is 0.242. The van der Waals surface area contributed by atoms with Crippen LogP contribution >= 0.6 is 0 Å². The molecule has 1 saturated heterocycles. The maximum atomic E-state index is 5.81. The van der Waals surface area contributed by atoms with Crippen LogP contribution in [0.15, 0.2) is 71.8 Å². The first-order valence-electron chi connectivity index (χ1n) is 13.5. The van der Waals surface area contributed by atoms with Gasteiger partial charge < -0.3 is 34.0 Å². The van der Waals surface area contributed by atoms with Crippen LogP contribution in [0.5, 0.6) is 11.5 Å². The topological polar surface area (TPSA) is 91.7 Å². The standard InChI is InChI=1S/C31H34N6O3/c1-36(2)22-9-12-37(13-10-22)28-8-5-21(15-29(28)39-4)34-31-33-17-25(20-11-14-40-19-20)30(35-31)26-18-32-27-16-23(38-3)6-7-24(26)27/h5-8,11,14-19,22,32H,9-10,12-13H2,1-4H3,(H,33,34,35). The number of nitrogens with zero attached hydrogens (tertiary/aromatic N) is 4. The lowest BCUT2D eigenvalue weighted by Crippen LogP contribution is -2.42. The fourth-order valence-electron chi connectivity index (χ4n) is 5.47. The molecule has 9 nitrogen and oxygen atoms in total. The monoisotopic (exact) mass is 538 g/mol. The minimum atomic E-state index is 0.492. The molecule has 6 rings (SSSR count). The summed E-state index contributed by atoms with van der Waals surface area (Å²) in [5.74, 6) is 2.11. The van der Waals surface area contributed by atoms with Crippen molar-refractivity contribution in [2.45, 2.75) is 18.9 Å². The van der Waals surface area contributed by atoms with Gasteiger partial charge in [-0.3, -0.25) is 0 Å². The molecular weight excluding hydrogens is 504 g/mol. The van der Waals surface area contributed by atoms with Crippen molar-refractivity contribution in [1.29, 1.82) is 0 Å². The predicted octanol–water partition coefficient (Wildman–Crippen LogP) is 6.18. The Bertz CT molecular complexity index is 1600. The molecule has 9 heteroatoms. The number of H-pyrrole nitrogens is 1. The fourth-order valence-corrected chi connectivity index (χ4v) is 5.47. The Morgan fingerprint density at radius 3 is 2.60 bits per heavy atom. The molecule has 2 N–H and O–H groups in total. The first kappa shape index (κ1) is 25.8. The van der Waals surface area contributed by atoms with Crippen molar-refractivity contribution in [1.82, 2.24) is 19.9 Å². The number of aromatic amines is 1. The number of fused-ring (bicyclic) bond motifs is 1. The SMILES string of the molecule is COc1ccc2c(-c3nc(Nc4ccc(N5CCC(N(C)C)CC5)c(OC)c4)ncc3-c3ccoc3)c[nH]c2c1. The number of furan rings is 1. The van der Waals surface area contributed by atoms with E-state index in [1.807, 2.05) is 42.7 Å². The summed E-state index contributed by atoms with van der Waals surface area (Å²) in [5, 5.41) is 4.43. The van der Waals surface area contributed by atoms with Crippen LogP contribution in [0.4, 0.5) is 17.3 Å². The molecule has 0 spiro atoms. The normalized spacial score (nSPS) is 14.2. The Kier molecular flexibility index (Phi) is 7.04. The molecule has 3 aromatic heterocycles. The fraction of sp³-hybridized carbons (Fsp3) is 0.290. The Labute approximate surface area is 233 Å². The van der Waals surface area contributed by atoms with E-state index >= 15 is 0 Å². The largest absolute Gasteiger partial charge is 0.497 e. The van der Waals surface area contributed by atoms with Gasteiger partial charge in [0.15, 0.2) is 0 Å². The summed E-state index contributed by atoms with van der Waals surface area (Å²) in [7, 11) is 7.70. The summed E-state index contributed by atoms with van der Waals surface area (Å²) in [6.45, 7) is 2.01. The third-order valence-corrected chi connectivity index (χ3v) is 7.74. The number of rotatable bonds is 8. The highest BCUT2D eigenvalue weighted by Gasteiger charge is 2.23. The Hall–Kier alpha value is -4.50. The molecule has 0 bridgehead atoms. The summed E-state index contributed by atoms with van der Waals surface area (Å²) in [4.78, 5) is 17.7. The number of nitrogens with one attached hydrogen (secondary N) is 2. The summed E-state index contributed by atoms with van der Waals surface area (Å²) in [6.07, 6.45) is 9.43. The highest BCUT2D eigenvalue weighted by molar-refractivity contribution is 5.99. The number of anilines is 3. The van der Waals surface area contributed by atoms with Gasteiger partial charge in [-0.05, 0) is 57.3 Å². The number of methoxy groups -OCH3 is 2. The predicted molar refractivity (Wildman–Crippen MR) is 159 cm³/mol. The molecule has 0 atom stereocenters. The molecule has 1 fully saturated rings. The van der Waals surface area contributed by atoms with E-state index in [0.29, 0.717) is 12.0 Å². The van der Waals surface area contributed by atoms with Crippen molar-refractivity contribution >= 4 is 28.2 Å². The summed E-state index contributed by atoms with van der Waals surface area (Å²) < 4.78 is 16.6. The van der Waals surface area contributed by atoms with Gasteiger partial charge in [-0.1, -0.05) is 0 Å². The average molecular weight is 539 g/mol. The van der Waals surface area contributed by atoms with E-state index in [9.17, 15) is 0 Å². The second-order valence-electron chi connectivity index (χ2n) is 10.3. The Balaban J connectivity index is 1.32. The smallest absolute Gasteiger partial charge is 0.227 e. The maximum Gasteiger partial charge on any atom is 0.227 e. The van der Waals surface area contributed by atoms with Crippen LogP contribution in [-0.4, -0.2) is 67.3 Å². The first-order valence-corrected chi connectivity index (χ1v) is 13.5.